The van der Waals surface area contributed by atoms with Crippen molar-refractivity contribution in [2.75, 3.05) is 23.7 Å². The predicted octanol–water partition coefficient (Wildman–Crippen LogP) is 4.61. The zero-order valence-electron chi connectivity index (χ0n) is 15.6. The first-order valence-electron chi connectivity index (χ1n) is 8.83. The van der Waals surface area contributed by atoms with E-state index >= 15 is 0 Å². The number of halogens is 1. The average molecular weight is 394 g/mol. The maximum Gasteiger partial charge on any atom is 0.319 e. The molecule has 0 bridgehead atoms. The van der Waals surface area contributed by atoms with Crippen LogP contribution >= 0.6 is 11.6 Å². The molecule has 1 aromatic heterocycles. The van der Waals surface area contributed by atoms with Crippen molar-refractivity contribution in [2.45, 2.75) is 13.8 Å². The number of fused-ring (bicyclic) bond motifs is 1. The summed E-state index contributed by atoms with van der Waals surface area (Å²) < 4.78 is 0. The number of nitrogens with one attached hydrogen (secondary N) is 3. The van der Waals surface area contributed by atoms with E-state index in [2.05, 4.69) is 33.1 Å². The summed E-state index contributed by atoms with van der Waals surface area (Å²) in [5.74, 6) is 0.508. The molecule has 0 unspecified atom stereocenters. The molecule has 0 radical (unpaired) electrons. The zero-order valence-corrected chi connectivity index (χ0v) is 16.4. The Labute approximate surface area is 168 Å². The van der Waals surface area contributed by atoms with Gasteiger partial charge >= 0.3 is 6.03 Å². The number of benzene rings is 2. The molecule has 1 heterocycles. The van der Waals surface area contributed by atoms with Gasteiger partial charge < -0.3 is 16.0 Å². The van der Waals surface area contributed by atoms with Gasteiger partial charge in [0, 0.05) is 18.5 Å². The average Bonchev–Trinajstić information content (AvgIpc) is 2.66. The Balaban J connectivity index is 1.61. The lowest BCUT2D eigenvalue weighted by atomic mass is 10.0. The number of nitriles is 1. The molecular formula is C21H20ClN5O. The van der Waals surface area contributed by atoms with Crippen molar-refractivity contribution in [3.63, 3.8) is 0 Å². The Morgan fingerprint density at radius 3 is 2.71 bits per heavy atom. The number of para-hydroxylation sites is 1. The molecular weight excluding hydrogens is 374 g/mol. The number of nitrogens with zero attached hydrogens (tertiary/aromatic N) is 2. The molecule has 3 N–H and O–H groups in total. The number of pyridine rings is 1. The molecule has 0 saturated heterocycles. The summed E-state index contributed by atoms with van der Waals surface area (Å²) in [6.07, 6.45) is 0. The lowest BCUT2D eigenvalue weighted by Gasteiger charge is -2.12. The minimum Gasteiger partial charge on any atom is -0.367 e. The van der Waals surface area contributed by atoms with E-state index in [-0.39, 0.29) is 6.03 Å². The fraction of sp³-hybridized carbons (Fsp3) is 0.190. The fourth-order valence-electron chi connectivity index (χ4n) is 2.94. The molecule has 0 fully saturated rings. The summed E-state index contributed by atoms with van der Waals surface area (Å²) in [7, 11) is 0. The highest BCUT2D eigenvalue weighted by molar-refractivity contribution is 6.33. The standard InChI is InChI=1S/C21H20ClN5O/c1-13-9-14(2)16-11-15(12-23)20(26-19(16)10-13)24-7-8-25-21(28)27-18-6-4-3-5-17(18)22/h3-6,9-11H,7-8H2,1-2H3,(H,24,26)(H2,25,27,28). The summed E-state index contributed by atoms with van der Waals surface area (Å²) in [6.45, 7) is 4.80. The van der Waals surface area contributed by atoms with Crippen LogP contribution < -0.4 is 16.0 Å². The summed E-state index contributed by atoms with van der Waals surface area (Å²) >= 11 is 6.02. The fourth-order valence-corrected chi connectivity index (χ4v) is 3.12. The van der Waals surface area contributed by atoms with E-state index in [9.17, 15) is 10.1 Å². The lowest BCUT2D eigenvalue weighted by Crippen LogP contribution is -2.32. The predicted molar refractivity (Wildman–Crippen MR) is 113 cm³/mol. The zero-order chi connectivity index (χ0) is 20.1. The molecule has 28 heavy (non-hydrogen) atoms. The molecule has 2 amide bonds. The van der Waals surface area contributed by atoms with E-state index in [0.29, 0.717) is 35.2 Å². The van der Waals surface area contributed by atoms with E-state index in [0.717, 1.165) is 22.0 Å². The quantitative estimate of drug-likeness (QED) is 0.552. The molecule has 0 saturated carbocycles. The number of anilines is 2. The van der Waals surface area contributed by atoms with Crippen molar-refractivity contribution in [3.05, 3.63) is 64.2 Å². The Kier molecular flexibility index (Phi) is 5.97. The summed E-state index contributed by atoms with van der Waals surface area (Å²) in [5.41, 5.74) is 4.06. The van der Waals surface area contributed by atoms with Gasteiger partial charge in [0.15, 0.2) is 0 Å². The Bertz CT molecular complexity index is 1070. The third kappa shape index (κ3) is 4.51. The van der Waals surface area contributed by atoms with Crippen molar-refractivity contribution in [1.29, 1.82) is 5.26 Å². The molecule has 0 atom stereocenters. The van der Waals surface area contributed by atoms with E-state index in [1.54, 1.807) is 24.3 Å². The van der Waals surface area contributed by atoms with Crippen molar-refractivity contribution in [1.82, 2.24) is 10.3 Å². The first kappa shape index (κ1) is 19.5. The van der Waals surface area contributed by atoms with Crippen LogP contribution in [0.2, 0.25) is 5.02 Å². The second kappa shape index (κ2) is 8.59. The Morgan fingerprint density at radius 1 is 1.18 bits per heavy atom. The third-order valence-corrected chi connectivity index (χ3v) is 4.56. The molecule has 6 nitrogen and oxygen atoms in total. The van der Waals surface area contributed by atoms with Gasteiger partial charge in [-0.3, -0.25) is 0 Å². The smallest absolute Gasteiger partial charge is 0.319 e. The molecule has 2 aromatic carbocycles. The molecule has 0 spiro atoms. The van der Waals surface area contributed by atoms with Crippen LogP contribution in [0.15, 0.2) is 42.5 Å². The number of rotatable bonds is 5. The number of urea groups is 1. The second-order valence-corrected chi connectivity index (χ2v) is 6.84. The Morgan fingerprint density at radius 2 is 1.96 bits per heavy atom. The number of amides is 2. The first-order chi connectivity index (χ1) is 13.5. The molecule has 7 heteroatoms. The first-order valence-corrected chi connectivity index (χ1v) is 9.21. The van der Waals surface area contributed by atoms with Crippen LogP contribution in [0, 0.1) is 25.2 Å². The van der Waals surface area contributed by atoms with Gasteiger partial charge in [-0.1, -0.05) is 29.8 Å². The number of hydrogen-bond acceptors (Lipinski definition) is 4. The van der Waals surface area contributed by atoms with Gasteiger partial charge in [-0.2, -0.15) is 5.26 Å². The number of carbonyl (C=O) groups excluding carboxylic acids is 1. The van der Waals surface area contributed by atoms with Gasteiger partial charge in [0.1, 0.15) is 11.9 Å². The third-order valence-electron chi connectivity index (χ3n) is 4.23. The normalized spacial score (nSPS) is 10.4. The number of aryl methyl sites for hydroxylation is 2. The molecule has 3 aromatic rings. The second-order valence-electron chi connectivity index (χ2n) is 6.43. The van der Waals surface area contributed by atoms with Gasteiger partial charge in [-0.15, -0.1) is 0 Å². The van der Waals surface area contributed by atoms with E-state index < -0.39 is 0 Å². The van der Waals surface area contributed by atoms with Crippen molar-refractivity contribution >= 4 is 40.0 Å². The van der Waals surface area contributed by atoms with Crippen LogP contribution in [0.1, 0.15) is 16.7 Å². The molecule has 0 aliphatic carbocycles. The van der Waals surface area contributed by atoms with Gasteiger partial charge in [0.05, 0.1) is 21.8 Å². The lowest BCUT2D eigenvalue weighted by molar-refractivity contribution is 0.252. The topological polar surface area (TPSA) is 89.8 Å². The van der Waals surface area contributed by atoms with Gasteiger partial charge in [-0.05, 0) is 49.2 Å². The van der Waals surface area contributed by atoms with E-state index in [1.165, 1.54) is 0 Å². The van der Waals surface area contributed by atoms with Gasteiger partial charge in [-0.25, -0.2) is 9.78 Å². The molecule has 3 rings (SSSR count). The Hall–Kier alpha value is -3.30. The monoisotopic (exact) mass is 393 g/mol. The number of aromatic nitrogens is 1. The van der Waals surface area contributed by atoms with Crippen LogP contribution in [0.3, 0.4) is 0 Å². The van der Waals surface area contributed by atoms with Gasteiger partial charge in [0.25, 0.3) is 0 Å². The maximum atomic E-state index is 12.0. The highest BCUT2D eigenvalue weighted by atomic mass is 35.5. The summed E-state index contributed by atoms with van der Waals surface area (Å²) in [4.78, 5) is 16.6. The summed E-state index contributed by atoms with van der Waals surface area (Å²) in [5, 5.41) is 19.4. The van der Waals surface area contributed by atoms with Crippen LogP contribution in [0.4, 0.5) is 16.3 Å². The van der Waals surface area contributed by atoms with E-state index in [4.69, 9.17) is 11.6 Å². The van der Waals surface area contributed by atoms with Gasteiger partial charge in [0.2, 0.25) is 0 Å². The number of carbonyl (C=O) groups is 1. The van der Waals surface area contributed by atoms with Crippen LogP contribution in [0.25, 0.3) is 10.9 Å². The van der Waals surface area contributed by atoms with Crippen molar-refractivity contribution in [3.8, 4) is 6.07 Å². The van der Waals surface area contributed by atoms with Crippen molar-refractivity contribution < 1.29 is 4.79 Å². The molecule has 0 aliphatic rings. The van der Waals surface area contributed by atoms with Crippen LogP contribution in [0.5, 0.6) is 0 Å². The van der Waals surface area contributed by atoms with Crippen molar-refractivity contribution in [2.24, 2.45) is 0 Å². The van der Waals surface area contributed by atoms with Crippen LogP contribution in [-0.4, -0.2) is 24.1 Å². The summed E-state index contributed by atoms with van der Waals surface area (Å²) in [6, 6.07) is 14.7. The molecule has 0 aliphatic heterocycles. The van der Waals surface area contributed by atoms with E-state index in [1.807, 2.05) is 26.0 Å². The number of hydrogen-bond donors (Lipinski definition) is 3. The molecule has 142 valence electrons. The van der Waals surface area contributed by atoms with Crippen LogP contribution in [-0.2, 0) is 0 Å². The minimum atomic E-state index is -0.354. The highest BCUT2D eigenvalue weighted by Gasteiger charge is 2.09. The maximum absolute atomic E-state index is 12.0. The SMILES string of the molecule is Cc1cc(C)c2cc(C#N)c(NCCNC(=O)Nc3ccccc3Cl)nc2c1. The highest BCUT2D eigenvalue weighted by Crippen LogP contribution is 2.24. The largest absolute Gasteiger partial charge is 0.367 e. The minimum absolute atomic E-state index is 0.354.